The molecule has 0 aliphatic carbocycles. The first-order valence-corrected chi connectivity index (χ1v) is 7.84. The summed E-state index contributed by atoms with van der Waals surface area (Å²) in [6.45, 7) is 6.49. The first-order valence-electron chi connectivity index (χ1n) is 7.84. The summed E-state index contributed by atoms with van der Waals surface area (Å²) in [4.78, 5) is 4.53. The molecule has 3 heterocycles. The van der Waals surface area contributed by atoms with E-state index in [1.54, 1.807) is 0 Å². The number of benzene rings is 1. The standard InChI is InChI=1S/C16H20N4O2/c1-2-4-14-13(3-1)15(19-5-9-21-10-6-19)17-18-16(14)20-7-11-22-12-8-20/h1-4H,5-12H2. The second kappa shape index (κ2) is 6.06. The van der Waals surface area contributed by atoms with E-state index in [2.05, 4.69) is 44.3 Å². The third-order valence-electron chi connectivity index (χ3n) is 4.27. The fraction of sp³-hybridized carbons (Fsp3) is 0.500. The molecule has 6 nitrogen and oxygen atoms in total. The molecule has 2 saturated heterocycles. The Kier molecular flexibility index (Phi) is 3.78. The van der Waals surface area contributed by atoms with E-state index in [-0.39, 0.29) is 0 Å². The van der Waals surface area contributed by atoms with Crippen LogP contribution in [-0.4, -0.2) is 62.8 Å². The van der Waals surface area contributed by atoms with Crippen LogP contribution in [0.5, 0.6) is 0 Å². The van der Waals surface area contributed by atoms with Gasteiger partial charge in [0.2, 0.25) is 0 Å². The molecule has 0 atom stereocenters. The lowest BCUT2D eigenvalue weighted by Gasteiger charge is -2.31. The summed E-state index contributed by atoms with van der Waals surface area (Å²) in [6, 6.07) is 8.41. The van der Waals surface area contributed by atoms with Gasteiger partial charge in [-0.2, -0.15) is 0 Å². The van der Waals surface area contributed by atoms with Gasteiger partial charge in [0.05, 0.1) is 26.4 Å². The average Bonchev–Trinajstić information content (AvgIpc) is 2.62. The van der Waals surface area contributed by atoms with Crippen molar-refractivity contribution in [3.05, 3.63) is 24.3 Å². The number of ether oxygens (including phenoxy) is 2. The van der Waals surface area contributed by atoms with Crippen molar-refractivity contribution >= 4 is 22.4 Å². The number of nitrogens with zero attached hydrogens (tertiary/aromatic N) is 4. The first kappa shape index (κ1) is 13.7. The van der Waals surface area contributed by atoms with E-state index in [0.29, 0.717) is 0 Å². The van der Waals surface area contributed by atoms with E-state index >= 15 is 0 Å². The molecule has 2 aromatic rings. The second-order valence-corrected chi connectivity index (χ2v) is 5.59. The topological polar surface area (TPSA) is 50.7 Å². The van der Waals surface area contributed by atoms with Crippen molar-refractivity contribution in [2.75, 3.05) is 62.4 Å². The fourth-order valence-electron chi connectivity index (χ4n) is 3.09. The number of aromatic nitrogens is 2. The highest BCUT2D eigenvalue weighted by atomic mass is 16.5. The molecule has 22 heavy (non-hydrogen) atoms. The maximum atomic E-state index is 5.44. The van der Waals surface area contributed by atoms with Crippen LogP contribution < -0.4 is 9.80 Å². The summed E-state index contributed by atoms with van der Waals surface area (Å²) >= 11 is 0. The minimum absolute atomic E-state index is 0.751. The summed E-state index contributed by atoms with van der Waals surface area (Å²) < 4.78 is 10.9. The SMILES string of the molecule is c1ccc2c(N3CCOCC3)nnc(N3CCOCC3)c2c1. The van der Waals surface area contributed by atoms with Crippen molar-refractivity contribution in [2.24, 2.45) is 0 Å². The van der Waals surface area contributed by atoms with Gasteiger partial charge in [-0.15, -0.1) is 10.2 Å². The Hall–Kier alpha value is -1.92. The highest BCUT2D eigenvalue weighted by molar-refractivity contribution is 5.98. The highest BCUT2D eigenvalue weighted by Crippen LogP contribution is 2.30. The Morgan fingerprint density at radius 3 is 1.50 bits per heavy atom. The lowest BCUT2D eigenvalue weighted by Crippen LogP contribution is -2.38. The van der Waals surface area contributed by atoms with Crippen LogP contribution in [0.2, 0.25) is 0 Å². The van der Waals surface area contributed by atoms with Gasteiger partial charge in [-0.25, -0.2) is 0 Å². The van der Waals surface area contributed by atoms with Crippen LogP contribution in [0.3, 0.4) is 0 Å². The van der Waals surface area contributed by atoms with Crippen molar-refractivity contribution in [3.8, 4) is 0 Å². The van der Waals surface area contributed by atoms with Crippen LogP contribution in [0.25, 0.3) is 10.8 Å². The number of morpholine rings is 2. The molecule has 1 aromatic heterocycles. The predicted molar refractivity (Wildman–Crippen MR) is 85.6 cm³/mol. The zero-order valence-corrected chi connectivity index (χ0v) is 12.6. The normalized spacial score (nSPS) is 19.6. The van der Waals surface area contributed by atoms with Crippen LogP contribution in [0, 0.1) is 0 Å². The van der Waals surface area contributed by atoms with Crippen molar-refractivity contribution in [1.82, 2.24) is 10.2 Å². The van der Waals surface area contributed by atoms with Crippen molar-refractivity contribution in [3.63, 3.8) is 0 Å². The summed E-state index contributed by atoms with van der Waals surface area (Å²) in [5, 5.41) is 11.4. The molecule has 4 rings (SSSR count). The summed E-state index contributed by atoms with van der Waals surface area (Å²) in [7, 11) is 0. The molecular formula is C16H20N4O2. The van der Waals surface area contributed by atoms with Gasteiger partial charge >= 0.3 is 0 Å². The number of rotatable bonds is 2. The Morgan fingerprint density at radius 2 is 1.09 bits per heavy atom. The molecule has 0 bridgehead atoms. The first-order chi connectivity index (χ1) is 10.9. The van der Waals surface area contributed by atoms with Crippen molar-refractivity contribution < 1.29 is 9.47 Å². The highest BCUT2D eigenvalue weighted by Gasteiger charge is 2.21. The average molecular weight is 300 g/mol. The number of hydrogen-bond acceptors (Lipinski definition) is 6. The maximum absolute atomic E-state index is 5.44. The van der Waals surface area contributed by atoms with E-state index in [4.69, 9.17) is 9.47 Å². The van der Waals surface area contributed by atoms with Gasteiger partial charge in [0, 0.05) is 37.0 Å². The molecule has 0 radical (unpaired) electrons. The Bertz CT molecular complexity index is 595. The molecule has 0 spiro atoms. The Balaban J connectivity index is 1.77. The molecular weight excluding hydrogens is 280 g/mol. The van der Waals surface area contributed by atoms with Crippen LogP contribution in [0.1, 0.15) is 0 Å². The molecule has 6 heteroatoms. The zero-order chi connectivity index (χ0) is 14.8. The monoisotopic (exact) mass is 300 g/mol. The van der Waals surface area contributed by atoms with Crippen LogP contribution in [0.15, 0.2) is 24.3 Å². The molecule has 0 N–H and O–H groups in total. The Morgan fingerprint density at radius 1 is 0.682 bits per heavy atom. The minimum atomic E-state index is 0.751. The zero-order valence-electron chi connectivity index (χ0n) is 12.6. The van der Waals surface area contributed by atoms with Crippen molar-refractivity contribution in [2.45, 2.75) is 0 Å². The number of fused-ring (bicyclic) bond motifs is 1. The van der Waals surface area contributed by atoms with E-state index in [1.165, 1.54) is 10.8 Å². The van der Waals surface area contributed by atoms with E-state index < -0.39 is 0 Å². The van der Waals surface area contributed by atoms with Crippen LogP contribution >= 0.6 is 0 Å². The van der Waals surface area contributed by atoms with E-state index in [1.807, 2.05) is 0 Å². The third kappa shape index (κ3) is 2.48. The quantitative estimate of drug-likeness (QED) is 0.833. The van der Waals surface area contributed by atoms with Crippen molar-refractivity contribution in [1.29, 1.82) is 0 Å². The van der Waals surface area contributed by atoms with Gasteiger partial charge in [0.25, 0.3) is 0 Å². The molecule has 2 fully saturated rings. The van der Waals surface area contributed by atoms with E-state index in [9.17, 15) is 0 Å². The van der Waals surface area contributed by atoms with Gasteiger partial charge < -0.3 is 19.3 Å². The molecule has 0 amide bonds. The molecule has 116 valence electrons. The molecule has 0 unspecified atom stereocenters. The van der Waals surface area contributed by atoms with Crippen LogP contribution in [-0.2, 0) is 9.47 Å². The van der Waals surface area contributed by atoms with E-state index in [0.717, 1.165) is 64.2 Å². The predicted octanol–water partition coefficient (Wildman–Crippen LogP) is 1.30. The summed E-state index contributed by atoms with van der Waals surface area (Å²) in [5.74, 6) is 1.94. The summed E-state index contributed by atoms with van der Waals surface area (Å²) in [5.41, 5.74) is 0. The Labute approximate surface area is 129 Å². The second-order valence-electron chi connectivity index (χ2n) is 5.59. The van der Waals surface area contributed by atoms with Gasteiger partial charge in [0.1, 0.15) is 0 Å². The maximum Gasteiger partial charge on any atom is 0.159 e. The smallest absolute Gasteiger partial charge is 0.159 e. The minimum Gasteiger partial charge on any atom is -0.378 e. The molecule has 2 aliphatic rings. The summed E-state index contributed by atoms with van der Waals surface area (Å²) in [6.07, 6.45) is 0. The largest absolute Gasteiger partial charge is 0.378 e. The lowest BCUT2D eigenvalue weighted by molar-refractivity contribution is 0.122. The van der Waals surface area contributed by atoms with Gasteiger partial charge in [-0.3, -0.25) is 0 Å². The third-order valence-corrected chi connectivity index (χ3v) is 4.27. The van der Waals surface area contributed by atoms with Gasteiger partial charge in [-0.1, -0.05) is 24.3 Å². The molecule has 0 saturated carbocycles. The van der Waals surface area contributed by atoms with Crippen LogP contribution in [0.4, 0.5) is 11.6 Å². The lowest BCUT2D eigenvalue weighted by atomic mass is 10.1. The molecule has 1 aromatic carbocycles. The molecule has 2 aliphatic heterocycles. The number of anilines is 2. The van der Waals surface area contributed by atoms with Gasteiger partial charge in [-0.05, 0) is 0 Å². The van der Waals surface area contributed by atoms with Gasteiger partial charge in [0.15, 0.2) is 11.6 Å². The fourth-order valence-corrected chi connectivity index (χ4v) is 3.09. The number of hydrogen-bond donors (Lipinski definition) is 0.